The standard InChI is InChI=1S/C13H7Br2FO2S/c14-7-1-3-8(4-2-7)19-10-6-5-9(13(17)18)11(15)12(10)16/h1-6H,(H,17,18). The Morgan fingerprint density at radius 3 is 2.32 bits per heavy atom. The minimum atomic E-state index is -1.16. The summed E-state index contributed by atoms with van der Waals surface area (Å²) in [4.78, 5) is 12.1. The molecule has 0 radical (unpaired) electrons. The van der Waals surface area contributed by atoms with Crippen LogP contribution in [0.25, 0.3) is 0 Å². The first-order valence-corrected chi connectivity index (χ1v) is 7.54. The maximum Gasteiger partial charge on any atom is 0.336 e. The summed E-state index contributed by atoms with van der Waals surface area (Å²) >= 11 is 7.54. The smallest absolute Gasteiger partial charge is 0.336 e. The highest BCUT2D eigenvalue weighted by Crippen LogP contribution is 2.34. The van der Waals surface area contributed by atoms with E-state index in [2.05, 4.69) is 31.9 Å². The van der Waals surface area contributed by atoms with Gasteiger partial charge in [0.1, 0.15) is 0 Å². The van der Waals surface area contributed by atoms with Crippen LogP contribution >= 0.6 is 43.6 Å². The first kappa shape index (κ1) is 14.6. The maximum absolute atomic E-state index is 14.0. The molecule has 0 unspecified atom stereocenters. The minimum Gasteiger partial charge on any atom is -0.478 e. The molecule has 0 saturated heterocycles. The molecule has 0 atom stereocenters. The second kappa shape index (κ2) is 6.07. The van der Waals surface area contributed by atoms with Gasteiger partial charge in [0.05, 0.1) is 10.0 Å². The van der Waals surface area contributed by atoms with Crippen molar-refractivity contribution in [3.8, 4) is 0 Å². The topological polar surface area (TPSA) is 37.3 Å². The average molecular weight is 406 g/mol. The van der Waals surface area contributed by atoms with Crippen LogP contribution < -0.4 is 0 Å². The molecule has 0 heterocycles. The molecule has 0 saturated carbocycles. The molecule has 19 heavy (non-hydrogen) atoms. The van der Waals surface area contributed by atoms with Crippen LogP contribution in [0.15, 0.2) is 55.1 Å². The minimum absolute atomic E-state index is 0.0258. The van der Waals surface area contributed by atoms with E-state index < -0.39 is 11.8 Å². The van der Waals surface area contributed by atoms with Crippen molar-refractivity contribution in [2.45, 2.75) is 9.79 Å². The Kier molecular flexibility index (Phi) is 4.65. The lowest BCUT2D eigenvalue weighted by Gasteiger charge is -2.07. The lowest BCUT2D eigenvalue weighted by atomic mass is 10.2. The van der Waals surface area contributed by atoms with Crippen LogP contribution in [0.5, 0.6) is 0 Å². The second-order valence-corrected chi connectivity index (χ2v) is 6.42. The molecule has 0 amide bonds. The fraction of sp³-hybridized carbons (Fsp3) is 0. The van der Waals surface area contributed by atoms with E-state index in [4.69, 9.17) is 5.11 Å². The van der Waals surface area contributed by atoms with Crippen LogP contribution in [0.2, 0.25) is 0 Å². The summed E-state index contributed by atoms with van der Waals surface area (Å²) in [5, 5.41) is 8.89. The molecular weight excluding hydrogens is 399 g/mol. The van der Waals surface area contributed by atoms with Gasteiger partial charge < -0.3 is 5.11 Å². The zero-order valence-electron chi connectivity index (χ0n) is 9.36. The van der Waals surface area contributed by atoms with Gasteiger partial charge >= 0.3 is 5.97 Å². The molecule has 0 aliphatic heterocycles. The van der Waals surface area contributed by atoms with Crippen molar-refractivity contribution in [1.29, 1.82) is 0 Å². The quantitative estimate of drug-likeness (QED) is 0.762. The van der Waals surface area contributed by atoms with Crippen LogP contribution in [0, 0.1) is 5.82 Å². The number of halogens is 3. The molecule has 0 aliphatic carbocycles. The summed E-state index contributed by atoms with van der Waals surface area (Å²) < 4.78 is 15.0. The molecule has 0 fully saturated rings. The number of carboxylic acid groups (broad SMARTS) is 1. The number of carbonyl (C=O) groups is 1. The van der Waals surface area contributed by atoms with E-state index in [1.165, 1.54) is 23.9 Å². The third-order valence-electron chi connectivity index (χ3n) is 2.32. The van der Waals surface area contributed by atoms with Crippen LogP contribution in [0.3, 0.4) is 0 Å². The van der Waals surface area contributed by atoms with E-state index in [0.29, 0.717) is 4.90 Å². The predicted molar refractivity (Wildman–Crippen MR) is 79.3 cm³/mol. The number of carboxylic acids is 1. The van der Waals surface area contributed by atoms with E-state index in [-0.39, 0.29) is 10.0 Å². The van der Waals surface area contributed by atoms with Crippen LogP contribution in [0.1, 0.15) is 10.4 Å². The fourth-order valence-corrected chi connectivity index (χ4v) is 3.17. The largest absolute Gasteiger partial charge is 0.478 e. The lowest BCUT2D eigenvalue weighted by Crippen LogP contribution is -2.00. The number of benzene rings is 2. The second-order valence-electron chi connectivity index (χ2n) is 3.60. The fourth-order valence-electron chi connectivity index (χ4n) is 1.41. The number of rotatable bonds is 3. The molecule has 2 nitrogen and oxygen atoms in total. The first-order valence-electron chi connectivity index (χ1n) is 5.13. The zero-order valence-corrected chi connectivity index (χ0v) is 13.4. The third-order valence-corrected chi connectivity index (χ3v) is 4.67. The van der Waals surface area contributed by atoms with Crippen molar-refractivity contribution in [3.05, 3.63) is 56.7 Å². The van der Waals surface area contributed by atoms with Gasteiger partial charge in [-0.3, -0.25) is 0 Å². The molecular formula is C13H7Br2FO2S. The van der Waals surface area contributed by atoms with Gasteiger partial charge in [0.25, 0.3) is 0 Å². The lowest BCUT2D eigenvalue weighted by molar-refractivity contribution is 0.0695. The maximum atomic E-state index is 14.0. The van der Waals surface area contributed by atoms with E-state index in [9.17, 15) is 9.18 Å². The molecule has 0 bridgehead atoms. The number of hydrogen-bond donors (Lipinski definition) is 1. The number of aromatic carboxylic acids is 1. The van der Waals surface area contributed by atoms with Crippen molar-refractivity contribution >= 4 is 49.6 Å². The van der Waals surface area contributed by atoms with Gasteiger partial charge in [-0.1, -0.05) is 27.7 Å². The first-order chi connectivity index (χ1) is 8.99. The normalized spacial score (nSPS) is 10.5. The molecule has 2 rings (SSSR count). The highest BCUT2D eigenvalue weighted by Gasteiger charge is 2.16. The highest BCUT2D eigenvalue weighted by atomic mass is 79.9. The molecule has 0 aromatic heterocycles. The summed E-state index contributed by atoms with van der Waals surface area (Å²) in [5.74, 6) is -1.72. The molecule has 98 valence electrons. The molecule has 1 N–H and O–H groups in total. The van der Waals surface area contributed by atoms with E-state index in [0.717, 1.165) is 9.37 Å². The van der Waals surface area contributed by atoms with Crippen LogP contribution in [-0.4, -0.2) is 11.1 Å². The Morgan fingerprint density at radius 1 is 1.11 bits per heavy atom. The highest BCUT2D eigenvalue weighted by molar-refractivity contribution is 9.10. The van der Waals surface area contributed by atoms with Crippen LogP contribution in [0.4, 0.5) is 4.39 Å². The summed E-state index contributed by atoms with van der Waals surface area (Å²) in [5.41, 5.74) is -0.0855. The van der Waals surface area contributed by atoms with Crippen LogP contribution in [-0.2, 0) is 0 Å². The van der Waals surface area contributed by atoms with Crippen molar-refractivity contribution < 1.29 is 14.3 Å². The van der Waals surface area contributed by atoms with Gasteiger partial charge in [0.2, 0.25) is 0 Å². The summed E-state index contributed by atoms with van der Waals surface area (Å²) in [6, 6.07) is 10.3. The van der Waals surface area contributed by atoms with E-state index in [1.54, 1.807) is 0 Å². The SMILES string of the molecule is O=C(O)c1ccc(Sc2ccc(Br)cc2)c(F)c1Br. The van der Waals surface area contributed by atoms with Gasteiger partial charge in [0.15, 0.2) is 5.82 Å². The van der Waals surface area contributed by atoms with Crippen molar-refractivity contribution in [2.24, 2.45) is 0 Å². The molecule has 2 aromatic carbocycles. The Labute approximate surface area is 130 Å². The van der Waals surface area contributed by atoms with Crippen molar-refractivity contribution in [3.63, 3.8) is 0 Å². The zero-order chi connectivity index (χ0) is 14.0. The van der Waals surface area contributed by atoms with Gasteiger partial charge in [-0.2, -0.15) is 0 Å². The van der Waals surface area contributed by atoms with Gasteiger partial charge in [-0.25, -0.2) is 9.18 Å². The summed E-state index contributed by atoms with van der Waals surface area (Å²) in [7, 11) is 0. The van der Waals surface area contributed by atoms with E-state index >= 15 is 0 Å². The number of hydrogen-bond acceptors (Lipinski definition) is 2. The van der Waals surface area contributed by atoms with Crippen molar-refractivity contribution in [2.75, 3.05) is 0 Å². The average Bonchev–Trinajstić information content (AvgIpc) is 2.37. The molecule has 6 heteroatoms. The van der Waals surface area contributed by atoms with Gasteiger partial charge in [-0.05, 0) is 52.3 Å². The third kappa shape index (κ3) is 3.38. The Bertz CT molecular complexity index is 629. The Hall–Kier alpha value is -0.850. The molecule has 0 aliphatic rings. The summed E-state index contributed by atoms with van der Waals surface area (Å²) in [6.07, 6.45) is 0. The predicted octanol–water partition coefficient (Wildman–Crippen LogP) is 5.20. The monoisotopic (exact) mass is 404 g/mol. The van der Waals surface area contributed by atoms with Gasteiger partial charge in [0, 0.05) is 14.3 Å². The summed E-state index contributed by atoms with van der Waals surface area (Å²) in [6.45, 7) is 0. The Morgan fingerprint density at radius 2 is 1.74 bits per heavy atom. The van der Waals surface area contributed by atoms with E-state index in [1.807, 2.05) is 24.3 Å². The molecule has 0 spiro atoms. The molecule has 2 aromatic rings. The van der Waals surface area contributed by atoms with Gasteiger partial charge in [-0.15, -0.1) is 0 Å². The Balaban J connectivity index is 2.34. The van der Waals surface area contributed by atoms with Crippen molar-refractivity contribution in [1.82, 2.24) is 0 Å².